The van der Waals surface area contributed by atoms with Crippen molar-refractivity contribution in [3.8, 4) is 5.75 Å². The molecule has 1 saturated heterocycles. The number of halogens is 1. The number of phenols is 1. The monoisotopic (exact) mass is 371 g/mol. The van der Waals surface area contributed by atoms with Gasteiger partial charge in [0.2, 0.25) is 5.91 Å². The molecule has 2 aromatic carbocycles. The first-order valence-corrected chi connectivity index (χ1v) is 9.31. The van der Waals surface area contributed by atoms with Gasteiger partial charge in [-0.25, -0.2) is 9.37 Å². The lowest BCUT2D eigenvalue weighted by Gasteiger charge is -2.31. The highest BCUT2D eigenvalue weighted by molar-refractivity contribution is 7.22. The second-order valence-electron chi connectivity index (χ2n) is 6.43. The van der Waals surface area contributed by atoms with Crippen LogP contribution in [0.1, 0.15) is 12.8 Å². The summed E-state index contributed by atoms with van der Waals surface area (Å²) < 4.78 is 14.2. The molecule has 2 heterocycles. The summed E-state index contributed by atoms with van der Waals surface area (Å²) in [6.45, 7) is 1.43. The lowest BCUT2D eigenvalue weighted by atomic mass is 9.97. The van der Waals surface area contributed by atoms with E-state index in [2.05, 4.69) is 15.2 Å². The Bertz CT molecular complexity index is 942. The summed E-state index contributed by atoms with van der Waals surface area (Å²) in [5.41, 5.74) is 1.45. The number of hydrogen-bond donors (Lipinski definition) is 2. The zero-order valence-corrected chi connectivity index (χ0v) is 14.8. The lowest BCUT2D eigenvalue weighted by molar-refractivity contribution is -0.120. The Hall–Kier alpha value is -2.67. The third kappa shape index (κ3) is 3.48. The number of phenolic OH excluding ortho intramolecular Hbond substituents is 1. The van der Waals surface area contributed by atoms with Crippen LogP contribution in [0.15, 0.2) is 42.5 Å². The van der Waals surface area contributed by atoms with Gasteiger partial charge in [-0.3, -0.25) is 4.79 Å². The molecule has 134 valence electrons. The smallest absolute Gasteiger partial charge is 0.229 e. The van der Waals surface area contributed by atoms with E-state index < -0.39 is 0 Å². The van der Waals surface area contributed by atoms with Gasteiger partial charge in [0.1, 0.15) is 11.6 Å². The number of aromatic nitrogens is 1. The third-order valence-electron chi connectivity index (χ3n) is 4.54. The van der Waals surface area contributed by atoms with E-state index in [0.29, 0.717) is 12.2 Å². The number of aromatic hydroxyl groups is 1. The number of nitrogens with zero attached hydrogens (tertiary/aromatic N) is 2. The van der Waals surface area contributed by atoms with Crippen LogP contribution in [0.2, 0.25) is 0 Å². The van der Waals surface area contributed by atoms with Crippen molar-refractivity contribution in [3.63, 3.8) is 0 Å². The Morgan fingerprint density at radius 3 is 2.88 bits per heavy atom. The summed E-state index contributed by atoms with van der Waals surface area (Å²) in [6, 6.07) is 11.0. The van der Waals surface area contributed by atoms with E-state index in [1.165, 1.54) is 23.5 Å². The molecule has 1 amide bonds. The number of hydrogen-bond acceptors (Lipinski definition) is 5. The van der Waals surface area contributed by atoms with Gasteiger partial charge in [-0.2, -0.15) is 0 Å². The summed E-state index contributed by atoms with van der Waals surface area (Å²) in [4.78, 5) is 19.3. The first kappa shape index (κ1) is 16.8. The van der Waals surface area contributed by atoms with Crippen molar-refractivity contribution >= 4 is 38.3 Å². The summed E-state index contributed by atoms with van der Waals surface area (Å²) in [5.74, 6) is -0.273. The fourth-order valence-electron chi connectivity index (χ4n) is 3.18. The van der Waals surface area contributed by atoms with E-state index in [1.54, 1.807) is 30.3 Å². The Morgan fingerprint density at radius 2 is 2.08 bits per heavy atom. The van der Waals surface area contributed by atoms with Crippen LogP contribution in [0.3, 0.4) is 0 Å². The van der Waals surface area contributed by atoms with Gasteiger partial charge in [0.15, 0.2) is 5.13 Å². The molecule has 0 radical (unpaired) electrons. The number of carbonyl (C=O) groups excluding carboxylic acids is 1. The molecule has 26 heavy (non-hydrogen) atoms. The van der Waals surface area contributed by atoms with E-state index in [0.717, 1.165) is 34.7 Å². The summed E-state index contributed by atoms with van der Waals surface area (Å²) in [6.07, 6.45) is 1.72. The van der Waals surface area contributed by atoms with Crippen molar-refractivity contribution in [3.05, 3.63) is 48.3 Å². The standard InChI is InChI=1S/C19H18FN3O2S/c20-13-3-8-16-17(10-13)26-19(22-16)23-9-1-2-12(11-23)18(25)21-14-4-6-15(24)7-5-14/h3-8,10,12,24H,1-2,9,11H2,(H,21,25). The molecule has 0 saturated carbocycles. The molecule has 0 aliphatic carbocycles. The van der Waals surface area contributed by atoms with Gasteiger partial charge >= 0.3 is 0 Å². The molecule has 0 bridgehead atoms. The maximum atomic E-state index is 13.4. The third-order valence-corrected chi connectivity index (χ3v) is 5.62. The van der Waals surface area contributed by atoms with Gasteiger partial charge in [0.05, 0.1) is 16.1 Å². The van der Waals surface area contributed by atoms with Gasteiger partial charge in [0, 0.05) is 18.8 Å². The second kappa shape index (κ2) is 6.92. The van der Waals surface area contributed by atoms with Crippen LogP contribution in [0.25, 0.3) is 10.2 Å². The minimum absolute atomic E-state index is 0.0347. The van der Waals surface area contributed by atoms with E-state index in [1.807, 2.05) is 0 Å². The molecule has 3 aromatic rings. The van der Waals surface area contributed by atoms with Crippen LogP contribution < -0.4 is 10.2 Å². The molecule has 7 heteroatoms. The van der Waals surface area contributed by atoms with Gasteiger partial charge in [-0.15, -0.1) is 0 Å². The quantitative estimate of drug-likeness (QED) is 0.683. The molecule has 1 aromatic heterocycles. The van der Waals surface area contributed by atoms with Gasteiger partial charge in [-0.05, 0) is 55.3 Å². The van der Waals surface area contributed by atoms with Crippen molar-refractivity contribution in [2.24, 2.45) is 5.92 Å². The van der Waals surface area contributed by atoms with Crippen LogP contribution in [0.5, 0.6) is 5.75 Å². The number of benzene rings is 2. The Kier molecular flexibility index (Phi) is 4.46. The predicted molar refractivity (Wildman–Crippen MR) is 101 cm³/mol. The highest BCUT2D eigenvalue weighted by Crippen LogP contribution is 2.32. The second-order valence-corrected chi connectivity index (χ2v) is 7.44. The van der Waals surface area contributed by atoms with Gasteiger partial charge < -0.3 is 15.3 Å². The van der Waals surface area contributed by atoms with Crippen LogP contribution in [-0.2, 0) is 4.79 Å². The molecule has 1 aliphatic rings. The SMILES string of the molecule is O=C(Nc1ccc(O)cc1)C1CCCN(c2nc3ccc(F)cc3s2)C1. The number of piperidine rings is 1. The van der Waals surface area contributed by atoms with Crippen LogP contribution in [0, 0.1) is 11.7 Å². The lowest BCUT2D eigenvalue weighted by Crippen LogP contribution is -2.40. The fraction of sp³-hybridized carbons (Fsp3) is 0.263. The highest BCUT2D eigenvalue weighted by Gasteiger charge is 2.27. The van der Waals surface area contributed by atoms with Crippen molar-refractivity contribution in [2.75, 3.05) is 23.3 Å². The van der Waals surface area contributed by atoms with Crippen molar-refractivity contribution in [1.29, 1.82) is 0 Å². The first-order valence-electron chi connectivity index (χ1n) is 8.49. The molecular weight excluding hydrogens is 353 g/mol. The average molecular weight is 371 g/mol. The summed E-state index contributed by atoms with van der Waals surface area (Å²) >= 11 is 1.45. The van der Waals surface area contributed by atoms with Crippen molar-refractivity contribution in [1.82, 2.24) is 4.98 Å². The van der Waals surface area contributed by atoms with E-state index in [-0.39, 0.29) is 23.4 Å². The fourth-order valence-corrected chi connectivity index (χ4v) is 4.20. The number of thiazole rings is 1. The molecule has 1 atom stereocenters. The zero-order valence-electron chi connectivity index (χ0n) is 14.0. The Balaban J connectivity index is 1.47. The number of nitrogens with one attached hydrogen (secondary N) is 1. The molecular formula is C19H18FN3O2S. The average Bonchev–Trinajstić information content (AvgIpc) is 3.07. The van der Waals surface area contributed by atoms with E-state index in [9.17, 15) is 14.3 Å². The van der Waals surface area contributed by atoms with E-state index in [4.69, 9.17) is 0 Å². The van der Waals surface area contributed by atoms with Crippen LogP contribution in [-0.4, -0.2) is 29.1 Å². The summed E-state index contributed by atoms with van der Waals surface area (Å²) in [5, 5.41) is 13.1. The van der Waals surface area contributed by atoms with Crippen molar-refractivity contribution < 1.29 is 14.3 Å². The maximum Gasteiger partial charge on any atom is 0.229 e. The number of carbonyl (C=O) groups is 1. The molecule has 1 unspecified atom stereocenters. The zero-order chi connectivity index (χ0) is 18.1. The molecule has 5 nitrogen and oxygen atoms in total. The Labute approximate surface area is 154 Å². The summed E-state index contributed by atoms with van der Waals surface area (Å²) in [7, 11) is 0. The molecule has 1 aliphatic heterocycles. The van der Waals surface area contributed by atoms with Crippen LogP contribution >= 0.6 is 11.3 Å². The number of fused-ring (bicyclic) bond motifs is 1. The largest absolute Gasteiger partial charge is 0.508 e. The molecule has 4 rings (SSSR count). The topological polar surface area (TPSA) is 65.5 Å². The molecule has 1 fully saturated rings. The van der Waals surface area contributed by atoms with Gasteiger partial charge in [0.25, 0.3) is 0 Å². The predicted octanol–water partition coefficient (Wildman–Crippen LogP) is 4.00. The molecule has 0 spiro atoms. The van der Waals surface area contributed by atoms with Gasteiger partial charge in [-0.1, -0.05) is 11.3 Å². The number of rotatable bonds is 3. The van der Waals surface area contributed by atoms with Crippen LogP contribution in [0.4, 0.5) is 15.2 Å². The molecule has 2 N–H and O–H groups in total. The minimum Gasteiger partial charge on any atom is -0.508 e. The Morgan fingerprint density at radius 1 is 1.27 bits per heavy atom. The normalized spacial score (nSPS) is 17.4. The number of anilines is 2. The van der Waals surface area contributed by atoms with Crippen molar-refractivity contribution in [2.45, 2.75) is 12.8 Å². The minimum atomic E-state index is -0.266. The number of amides is 1. The first-order chi connectivity index (χ1) is 12.6. The maximum absolute atomic E-state index is 13.4. The van der Waals surface area contributed by atoms with E-state index >= 15 is 0 Å². The highest BCUT2D eigenvalue weighted by atomic mass is 32.1.